The van der Waals surface area contributed by atoms with Crippen molar-refractivity contribution in [1.82, 2.24) is 0 Å². The molecule has 0 aliphatic carbocycles. The molecular formula is C13H11BrN2O5S. The monoisotopic (exact) mass is 386 g/mol. The Bertz CT molecular complexity index is 852. The lowest BCUT2D eigenvalue weighted by Gasteiger charge is -2.11. The van der Waals surface area contributed by atoms with E-state index in [0.717, 1.165) is 17.7 Å². The summed E-state index contributed by atoms with van der Waals surface area (Å²) in [7, 11) is -4.18. The molecule has 2 aromatic carbocycles. The van der Waals surface area contributed by atoms with E-state index >= 15 is 0 Å². The largest absolute Gasteiger partial charge is 0.455 e. The smallest absolute Gasteiger partial charge is 0.271 e. The predicted octanol–water partition coefficient (Wildman–Crippen LogP) is 3.11. The fourth-order valence-electron chi connectivity index (χ4n) is 1.72. The SMILES string of the molecule is Cc1ccc(Oc2ccc([N+](=O)[O-])cc2S(N)(=O)=O)c(Br)c1. The lowest BCUT2D eigenvalue weighted by Crippen LogP contribution is -2.13. The third kappa shape index (κ3) is 3.62. The number of benzene rings is 2. The molecule has 0 atom stereocenters. The van der Waals surface area contributed by atoms with Gasteiger partial charge in [0.1, 0.15) is 16.4 Å². The third-order valence-corrected chi connectivity index (χ3v) is 4.30. The van der Waals surface area contributed by atoms with Gasteiger partial charge in [0.25, 0.3) is 5.69 Å². The highest BCUT2D eigenvalue weighted by Crippen LogP contribution is 2.35. The van der Waals surface area contributed by atoms with Gasteiger partial charge in [-0.1, -0.05) is 6.07 Å². The van der Waals surface area contributed by atoms with Crippen LogP contribution in [0.3, 0.4) is 0 Å². The summed E-state index contributed by atoms with van der Waals surface area (Å²) in [4.78, 5) is 9.60. The molecule has 0 saturated heterocycles. The molecule has 2 aromatic rings. The van der Waals surface area contributed by atoms with Crippen LogP contribution in [0.25, 0.3) is 0 Å². The maximum absolute atomic E-state index is 11.6. The van der Waals surface area contributed by atoms with Crippen LogP contribution in [0.5, 0.6) is 11.5 Å². The van der Waals surface area contributed by atoms with E-state index in [1.807, 2.05) is 6.92 Å². The number of nitro benzene ring substituents is 1. The molecular weight excluding hydrogens is 376 g/mol. The number of rotatable bonds is 4. The van der Waals surface area contributed by atoms with E-state index in [-0.39, 0.29) is 11.4 Å². The standard InChI is InChI=1S/C13H11BrN2O5S/c1-8-2-4-11(10(14)6-8)21-12-5-3-9(16(17)18)7-13(12)22(15,19)20/h2-7H,1H3,(H2,15,19,20). The minimum atomic E-state index is -4.18. The zero-order valence-corrected chi connectivity index (χ0v) is 13.7. The van der Waals surface area contributed by atoms with Crippen LogP contribution >= 0.6 is 15.9 Å². The van der Waals surface area contributed by atoms with Gasteiger partial charge in [0.15, 0.2) is 0 Å². The number of primary sulfonamides is 1. The van der Waals surface area contributed by atoms with E-state index in [9.17, 15) is 18.5 Å². The Morgan fingerprint density at radius 1 is 1.18 bits per heavy atom. The van der Waals surface area contributed by atoms with Crippen LogP contribution < -0.4 is 9.88 Å². The van der Waals surface area contributed by atoms with Gasteiger partial charge in [0, 0.05) is 12.1 Å². The molecule has 7 nitrogen and oxygen atoms in total. The highest BCUT2D eigenvalue weighted by atomic mass is 79.9. The van der Waals surface area contributed by atoms with E-state index in [1.165, 1.54) is 6.07 Å². The van der Waals surface area contributed by atoms with Gasteiger partial charge >= 0.3 is 0 Å². The molecule has 0 aromatic heterocycles. The number of aryl methyl sites for hydroxylation is 1. The van der Waals surface area contributed by atoms with Gasteiger partial charge in [0.05, 0.1) is 9.40 Å². The van der Waals surface area contributed by atoms with Crippen molar-refractivity contribution in [3.05, 3.63) is 56.5 Å². The van der Waals surface area contributed by atoms with Gasteiger partial charge < -0.3 is 4.74 Å². The average molecular weight is 387 g/mol. The van der Waals surface area contributed by atoms with Crippen LogP contribution in [0, 0.1) is 17.0 Å². The lowest BCUT2D eigenvalue weighted by molar-refractivity contribution is -0.385. The second kappa shape index (κ2) is 6.03. The van der Waals surface area contributed by atoms with E-state index in [0.29, 0.717) is 10.2 Å². The molecule has 0 amide bonds. The van der Waals surface area contributed by atoms with Crippen molar-refractivity contribution in [3.8, 4) is 11.5 Å². The first-order valence-electron chi connectivity index (χ1n) is 5.94. The zero-order chi connectivity index (χ0) is 16.5. The fourth-order valence-corrected chi connectivity index (χ4v) is 2.97. The van der Waals surface area contributed by atoms with Crippen molar-refractivity contribution in [2.75, 3.05) is 0 Å². The summed E-state index contributed by atoms with van der Waals surface area (Å²) < 4.78 is 29.4. The fraction of sp³-hybridized carbons (Fsp3) is 0.0769. The number of hydrogen-bond acceptors (Lipinski definition) is 5. The Hall–Kier alpha value is -1.97. The zero-order valence-electron chi connectivity index (χ0n) is 11.3. The van der Waals surface area contributed by atoms with Crippen LogP contribution in [0.2, 0.25) is 0 Å². The Kier molecular flexibility index (Phi) is 4.50. The molecule has 0 unspecified atom stereocenters. The minimum absolute atomic E-state index is 0.0855. The Balaban J connectivity index is 2.53. The van der Waals surface area contributed by atoms with Crippen molar-refractivity contribution < 1.29 is 18.1 Å². The Labute approximate surface area is 135 Å². The highest BCUT2D eigenvalue weighted by Gasteiger charge is 2.21. The number of nitrogens with zero attached hydrogens (tertiary/aromatic N) is 1. The minimum Gasteiger partial charge on any atom is -0.455 e. The highest BCUT2D eigenvalue weighted by molar-refractivity contribution is 9.10. The second-order valence-corrected chi connectivity index (χ2v) is 6.85. The quantitative estimate of drug-likeness (QED) is 0.640. The van der Waals surface area contributed by atoms with Gasteiger partial charge in [-0.15, -0.1) is 0 Å². The first-order chi connectivity index (χ1) is 10.2. The van der Waals surface area contributed by atoms with Crippen molar-refractivity contribution in [1.29, 1.82) is 0 Å². The van der Waals surface area contributed by atoms with Crippen molar-refractivity contribution >= 4 is 31.6 Å². The Morgan fingerprint density at radius 2 is 1.82 bits per heavy atom. The molecule has 0 heterocycles. The van der Waals surface area contributed by atoms with Crippen LogP contribution in [-0.2, 0) is 10.0 Å². The first-order valence-corrected chi connectivity index (χ1v) is 8.27. The summed E-state index contributed by atoms with van der Waals surface area (Å²) in [5.74, 6) is 0.280. The number of sulfonamides is 1. The Morgan fingerprint density at radius 3 is 2.36 bits per heavy atom. The number of hydrogen-bond donors (Lipinski definition) is 1. The molecule has 0 fully saturated rings. The van der Waals surface area contributed by atoms with Crippen molar-refractivity contribution in [2.24, 2.45) is 5.14 Å². The summed E-state index contributed by atoms with van der Waals surface area (Å²) in [6, 6.07) is 8.43. The van der Waals surface area contributed by atoms with Crippen LogP contribution in [0.15, 0.2) is 45.8 Å². The van der Waals surface area contributed by atoms with E-state index < -0.39 is 19.8 Å². The number of non-ortho nitro benzene ring substituents is 1. The van der Waals surface area contributed by atoms with Crippen LogP contribution in [-0.4, -0.2) is 13.3 Å². The first kappa shape index (κ1) is 16.4. The van der Waals surface area contributed by atoms with E-state index in [4.69, 9.17) is 9.88 Å². The predicted molar refractivity (Wildman–Crippen MR) is 83.4 cm³/mol. The molecule has 9 heteroatoms. The molecule has 0 bridgehead atoms. The topological polar surface area (TPSA) is 113 Å². The number of nitro groups is 1. The normalized spacial score (nSPS) is 11.2. The molecule has 116 valence electrons. The summed E-state index contributed by atoms with van der Waals surface area (Å²) in [5, 5.41) is 15.9. The van der Waals surface area contributed by atoms with E-state index in [1.54, 1.807) is 18.2 Å². The van der Waals surface area contributed by atoms with Crippen molar-refractivity contribution in [3.63, 3.8) is 0 Å². The molecule has 0 aliphatic heterocycles. The average Bonchev–Trinajstić information content (AvgIpc) is 2.41. The van der Waals surface area contributed by atoms with Gasteiger partial charge in [-0.05, 0) is 46.6 Å². The van der Waals surface area contributed by atoms with E-state index in [2.05, 4.69) is 15.9 Å². The molecule has 0 aliphatic rings. The van der Waals surface area contributed by atoms with Crippen molar-refractivity contribution in [2.45, 2.75) is 11.8 Å². The molecule has 0 radical (unpaired) electrons. The van der Waals surface area contributed by atoms with Gasteiger partial charge in [-0.25, -0.2) is 13.6 Å². The van der Waals surface area contributed by atoms with Crippen LogP contribution in [0.1, 0.15) is 5.56 Å². The third-order valence-electron chi connectivity index (χ3n) is 2.75. The molecule has 2 N–H and O–H groups in total. The van der Waals surface area contributed by atoms with Crippen LogP contribution in [0.4, 0.5) is 5.69 Å². The van der Waals surface area contributed by atoms with Gasteiger partial charge in [-0.3, -0.25) is 10.1 Å². The summed E-state index contributed by atoms with van der Waals surface area (Å²) in [5.41, 5.74) is 0.592. The lowest BCUT2D eigenvalue weighted by atomic mass is 10.2. The number of halogens is 1. The second-order valence-electron chi connectivity index (χ2n) is 4.47. The molecule has 22 heavy (non-hydrogen) atoms. The number of ether oxygens (including phenoxy) is 1. The summed E-state index contributed by atoms with van der Waals surface area (Å²) in [6.45, 7) is 1.89. The maximum atomic E-state index is 11.6. The summed E-state index contributed by atoms with van der Waals surface area (Å²) >= 11 is 3.30. The number of nitrogens with two attached hydrogens (primary N) is 1. The molecule has 2 rings (SSSR count). The maximum Gasteiger partial charge on any atom is 0.271 e. The molecule has 0 saturated carbocycles. The van der Waals surface area contributed by atoms with Gasteiger partial charge in [-0.2, -0.15) is 0 Å². The van der Waals surface area contributed by atoms with Gasteiger partial charge in [0.2, 0.25) is 10.0 Å². The summed E-state index contributed by atoms with van der Waals surface area (Å²) in [6.07, 6.45) is 0. The molecule has 0 spiro atoms.